The molecule has 1 heterocycles. The number of amides is 1. The van der Waals surface area contributed by atoms with Crippen LogP contribution in [0.3, 0.4) is 0 Å². The minimum absolute atomic E-state index is 0.127. The van der Waals surface area contributed by atoms with Gasteiger partial charge < -0.3 is 14.7 Å². The monoisotopic (exact) mass is 520 g/mol. The molecule has 4 rings (SSSR count). The number of carbonyl (C=O) groups is 2. The van der Waals surface area contributed by atoms with Crippen molar-refractivity contribution in [3.05, 3.63) is 95.1 Å². The summed E-state index contributed by atoms with van der Waals surface area (Å²) in [4.78, 5) is 29.7. The SMILES string of the molecule is CCN(CC)c1ccc(C2/C(=C(\O)c3cccc(OC(C)C)c3)C(=O)C(=O)N2c2cc(F)ccc2F)cc1. The minimum Gasteiger partial charge on any atom is -0.507 e. The number of ketones is 1. The number of hydrogen-bond acceptors (Lipinski definition) is 5. The van der Waals surface area contributed by atoms with Gasteiger partial charge in [0.05, 0.1) is 23.4 Å². The van der Waals surface area contributed by atoms with Crippen molar-refractivity contribution in [1.29, 1.82) is 0 Å². The first-order chi connectivity index (χ1) is 18.2. The quantitative estimate of drug-likeness (QED) is 0.217. The van der Waals surface area contributed by atoms with E-state index in [2.05, 4.69) is 4.90 Å². The summed E-state index contributed by atoms with van der Waals surface area (Å²) in [6, 6.07) is 15.1. The van der Waals surface area contributed by atoms with Crippen LogP contribution >= 0.6 is 0 Å². The van der Waals surface area contributed by atoms with Crippen molar-refractivity contribution in [2.24, 2.45) is 0 Å². The van der Waals surface area contributed by atoms with E-state index in [9.17, 15) is 23.5 Å². The lowest BCUT2D eigenvalue weighted by Gasteiger charge is -2.27. The van der Waals surface area contributed by atoms with E-state index in [-0.39, 0.29) is 22.9 Å². The molecule has 1 aliphatic rings. The third kappa shape index (κ3) is 5.11. The summed E-state index contributed by atoms with van der Waals surface area (Å²) in [6.07, 6.45) is -0.127. The Bertz CT molecular complexity index is 1380. The molecule has 1 unspecified atom stereocenters. The van der Waals surface area contributed by atoms with Crippen molar-refractivity contribution in [1.82, 2.24) is 0 Å². The molecule has 1 fully saturated rings. The number of Topliss-reactive ketones (excluding diaryl/α,β-unsaturated/α-hetero) is 1. The molecular formula is C30H30F2N2O4. The summed E-state index contributed by atoms with van der Waals surface area (Å²) in [7, 11) is 0. The molecule has 8 heteroatoms. The van der Waals surface area contributed by atoms with Gasteiger partial charge in [-0.15, -0.1) is 0 Å². The normalized spacial score (nSPS) is 16.8. The highest BCUT2D eigenvalue weighted by Crippen LogP contribution is 2.43. The Hall–Kier alpha value is -4.20. The second kappa shape index (κ2) is 11.0. The lowest BCUT2D eigenvalue weighted by molar-refractivity contribution is -0.132. The van der Waals surface area contributed by atoms with Crippen LogP contribution in [-0.2, 0) is 9.59 Å². The van der Waals surface area contributed by atoms with Crippen LogP contribution in [0.15, 0.2) is 72.3 Å². The number of halogens is 2. The molecule has 1 amide bonds. The van der Waals surface area contributed by atoms with Gasteiger partial charge in [-0.1, -0.05) is 24.3 Å². The Morgan fingerprint density at radius 2 is 1.68 bits per heavy atom. The van der Waals surface area contributed by atoms with Gasteiger partial charge in [-0.25, -0.2) is 8.78 Å². The van der Waals surface area contributed by atoms with E-state index < -0.39 is 35.1 Å². The van der Waals surface area contributed by atoms with Crippen LogP contribution in [0.2, 0.25) is 0 Å². The number of ether oxygens (including phenoxy) is 1. The van der Waals surface area contributed by atoms with E-state index in [4.69, 9.17) is 4.74 Å². The molecule has 1 atom stereocenters. The first-order valence-corrected chi connectivity index (χ1v) is 12.5. The molecule has 1 saturated heterocycles. The topological polar surface area (TPSA) is 70.1 Å². The number of aliphatic hydroxyl groups excluding tert-OH is 1. The average Bonchev–Trinajstić information content (AvgIpc) is 3.16. The van der Waals surface area contributed by atoms with Crippen molar-refractivity contribution in [3.63, 3.8) is 0 Å². The third-order valence-corrected chi connectivity index (χ3v) is 6.43. The predicted molar refractivity (Wildman–Crippen MR) is 143 cm³/mol. The molecular weight excluding hydrogens is 490 g/mol. The summed E-state index contributed by atoms with van der Waals surface area (Å²) in [5, 5.41) is 11.4. The highest BCUT2D eigenvalue weighted by atomic mass is 19.1. The Morgan fingerprint density at radius 1 is 1.00 bits per heavy atom. The van der Waals surface area contributed by atoms with Crippen LogP contribution in [0.5, 0.6) is 5.75 Å². The molecule has 38 heavy (non-hydrogen) atoms. The fourth-order valence-electron chi connectivity index (χ4n) is 4.67. The Morgan fingerprint density at radius 3 is 2.32 bits per heavy atom. The van der Waals surface area contributed by atoms with E-state index >= 15 is 0 Å². The fourth-order valence-corrected chi connectivity index (χ4v) is 4.67. The first-order valence-electron chi connectivity index (χ1n) is 12.5. The number of anilines is 2. The second-order valence-corrected chi connectivity index (χ2v) is 9.22. The van der Waals surface area contributed by atoms with Gasteiger partial charge in [0.25, 0.3) is 11.7 Å². The zero-order valence-electron chi connectivity index (χ0n) is 21.7. The number of rotatable bonds is 8. The predicted octanol–water partition coefficient (Wildman–Crippen LogP) is 6.22. The molecule has 0 aliphatic carbocycles. The average molecular weight is 521 g/mol. The Balaban J connectivity index is 1.91. The lowest BCUT2D eigenvalue weighted by atomic mass is 9.94. The molecule has 0 aromatic heterocycles. The summed E-state index contributed by atoms with van der Waals surface area (Å²) < 4.78 is 34.8. The zero-order chi connectivity index (χ0) is 27.6. The van der Waals surface area contributed by atoms with Crippen molar-refractivity contribution >= 4 is 28.8 Å². The van der Waals surface area contributed by atoms with Crippen molar-refractivity contribution in [2.75, 3.05) is 22.9 Å². The van der Waals surface area contributed by atoms with Gasteiger partial charge in [0.1, 0.15) is 23.1 Å². The molecule has 0 bridgehead atoms. The highest BCUT2D eigenvalue weighted by Gasteiger charge is 2.47. The van der Waals surface area contributed by atoms with Gasteiger partial charge in [0.15, 0.2) is 0 Å². The van der Waals surface area contributed by atoms with E-state index in [1.165, 1.54) is 0 Å². The molecule has 198 valence electrons. The summed E-state index contributed by atoms with van der Waals surface area (Å²) >= 11 is 0. The Kier molecular flexibility index (Phi) is 7.80. The largest absolute Gasteiger partial charge is 0.507 e. The zero-order valence-corrected chi connectivity index (χ0v) is 21.7. The van der Waals surface area contributed by atoms with Crippen molar-refractivity contribution in [2.45, 2.75) is 39.8 Å². The number of nitrogens with zero attached hydrogens (tertiary/aromatic N) is 2. The van der Waals surface area contributed by atoms with Gasteiger partial charge >= 0.3 is 0 Å². The maximum atomic E-state index is 14.9. The number of aliphatic hydroxyl groups is 1. The summed E-state index contributed by atoms with van der Waals surface area (Å²) in [6.45, 7) is 9.31. The van der Waals surface area contributed by atoms with E-state index in [0.29, 0.717) is 11.3 Å². The molecule has 3 aromatic rings. The molecule has 3 aromatic carbocycles. The van der Waals surface area contributed by atoms with Gasteiger partial charge in [-0.05, 0) is 69.7 Å². The van der Waals surface area contributed by atoms with Crippen LogP contribution in [0.25, 0.3) is 5.76 Å². The standard InChI is InChI=1S/C30H30F2N2O4/c1-5-33(6-2)22-13-10-19(11-14-22)27-26(28(35)20-8-7-9-23(16-20)38-18(3)4)29(36)30(37)34(27)25-17-21(31)12-15-24(25)32/h7-18,27,35H,5-6H2,1-4H3/b28-26+. The molecule has 1 aliphatic heterocycles. The summed E-state index contributed by atoms with van der Waals surface area (Å²) in [5.74, 6) is -3.67. The van der Waals surface area contributed by atoms with E-state index in [1.54, 1.807) is 36.4 Å². The molecule has 0 spiro atoms. The first kappa shape index (κ1) is 26.9. The van der Waals surface area contributed by atoms with Crippen LogP contribution in [-0.4, -0.2) is 36.0 Å². The molecule has 1 N–H and O–H groups in total. The van der Waals surface area contributed by atoms with Gasteiger partial charge in [-0.2, -0.15) is 0 Å². The van der Waals surface area contributed by atoms with Crippen LogP contribution in [0.1, 0.15) is 44.9 Å². The molecule has 6 nitrogen and oxygen atoms in total. The number of benzene rings is 3. The van der Waals surface area contributed by atoms with Crippen LogP contribution < -0.4 is 14.5 Å². The maximum absolute atomic E-state index is 14.9. The Labute approximate surface area is 220 Å². The second-order valence-electron chi connectivity index (χ2n) is 9.22. The molecule has 0 radical (unpaired) electrons. The van der Waals surface area contributed by atoms with Gasteiger partial charge in [-0.3, -0.25) is 14.5 Å². The highest BCUT2D eigenvalue weighted by molar-refractivity contribution is 6.51. The smallest absolute Gasteiger partial charge is 0.300 e. The third-order valence-electron chi connectivity index (χ3n) is 6.43. The summed E-state index contributed by atoms with van der Waals surface area (Å²) in [5.41, 5.74) is 1.02. The van der Waals surface area contributed by atoms with E-state index in [0.717, 1.165) is 41.9 Å². The van der Waals surface area contributed by atoms with Crippen molar-refractivity contribution in [3.8, 4) is 5.75 Å². The van der Waals surface area contributed by atoms with Crippen molar-refractivity contribution < 1.29 is 28.2 Å². The minimum atomic E-state index is -1.19. The number of hydrogen-bond donors (Lipinski definition) is 1. The van der Waals surface area contributed by atoms with Crippen LogP contribution in [0, 0.1) is 11.6 Å². The van der Waals surface area contributed by atoms with Crippen LogP contribution in [0.4, 0.5) is 20.2 Å². The fraction of sp³-hybridized carbons (Fsp3) is 0.267. The van der Waals surface area contributed by atoms with E-state index in [1.807, 2.05) is 39.8 Å². The maximum Gasteiger partial charge on any atom is 0.300 e. The van der Waals surface area contributed by atoms with Gasteiger partial charge in [0.2, 0.25) is 0 Å². The lowest BCUT2D eigenvalue weighted by Crippen LogP contribution is -2.30. The molecule has 0 saturated carbocycles. The van der Waals surface area contributed by atoms with Gasteiger partial charge in [0, 0.05) is 30.4 Å². The number of carbonyl (C=O) groups excluding carboxylic acids is 2.